The minimum Gasteiger partial charge on any atom is -0.504 e. The van der Waals surface area contributed by atoms with Gasteiger partial charge >= 0.3 is 11.9 Å². The standard InChI is InChI=1S/C39H43N3O11S/c1-16-9-20-10-22-37(46)42-23-13-50-38(47)39(21-12-25(48-5)24(44)11-19(21)7-8-40-39)14-54-36(30(42)29(41(22)4)26(20)31(45)32(16)49-6)28-27(23)35-34(51-15-52-35)17(2)33(28)53-18(3)43/h9,11-12,22-23,29-30,36-37,40,44-46H,7-8,10,13-15H2,1-6H3/t22-,23-,29?,30?,36+,37-,39+/m0/s1. The maximum Gasteiger partial charge on any atom is 0.331 e. The van der Waals surface area contributed by atoms with Gasteiger partial charge in [-0.15, -0.1) is 11.8 Å². The van der Waals surface area contributed by atoms with Gasteiger partial charge in [-0.25, -0.2) is 4.79 Å². The maximum absolute atomic E-state index is 14.7. The number of hydrogen-bond acceptors (Lipinski definition) is 15. The molecule has 0 saturated carbocycles. The van der Waals surface area contributed by atoms with Crippen LogP contribution in [0.2, 0.25) is 0 Å². The number of nitrogens with zero attached hydrogens (tertiary/aromatic N) is 2. The van der Waals surface area contributed by atoms with Crippen molar-refractivity contribution in [3.8, 4) is 40.2 Å². The van der Waals surface area contributed by atoms with Crippen LogP contribution in [0.25, 0.3) is 0 Å². The molecule has 2 unspecified atom stereocenters. The molecule has 3 aromatic carbocycles. The number of ether oxygens (including phenoxy) is 6. The van der Waals surface area contributed by atoms with Crippen LogP contribution in [-0.2, 0) is 32.7 Å². The Labute approximate surface area is 316 Å². The van der Waals surface area contributed by atoms with Crippen molar-refractivity contribution < 1.29 is 53.3 Å². The number of methoxy groups -OCH3 is 2. The number of aromatic hydroxyl groups is 2. The first-order valence-corrected chi connectivity index (χ1v) is 19.1. The largest absolute Gasteiger partial charge is 0.504 e. The van der Waals surface area contributed by atoms with Gasteiger partial charge in [0.15, 0.2) is 40.0 Å². The van der Waals surface area contributed by atoms with Crippen LogP contribution in [0.4, 0.5) is 0 Å². The number of fused-ring (bicyclic) bond motifs is 9. The van der Waals surface area contributed by atoms with Crippen molar-refractivity contribution in [3.05, 3.63) is 62.7 Å². The van der Waals surface area contributed by atoms with Crippen LogP contribution in [0.3, 0.4) is 0 Å². The lowest BCUT2D eigenvalue weighted by Gasteiger charge is -2.62. The summed E-state index contributed by atoms with van der Waals surface area (Å²) in [5.41, 5.74) is 4.36. The zero-order valence-electron chi connectivity index (χ0n) is 30.8. The quantitative estimate of drug-likeness (QED) is 0.226. The van der Waals surface area contributed by atoms with E-state index in [-0.39, 0.29) is 42.4 Å². The highest BCUT2D eigenvalue weighted by Gasteiger charge is 2.61. The predicted octanol–water partition coefficient (Wildman–Crippen LogP) is 3.41. The molecule has 7 heterocycles. The highest BCUT2D eigenvalue weighted by Crippen LogP contribution is 2.64. The Morgan fingerprint density at radius 1 is 1.02 bits per heavy atom. The summed E-state index contributed by atoms with van der Waals surface area (Å²) in [7, 11) is 4.96. The van der Waals surface area contributed by atoms with Gasteiger partial charge in [0.25, 0.3) is 0 Å². The number of benzene rings is 3. The molecule has 7 aliphatic rings. The maximum atomic E-state index is 14.7. The highest BCUT2D eigenvalue weighted by molar-refractivity contribution is 7.99. The molecule has 54 heavy (non-hydrogen) atoms. The van der Waals surface area contributed by atoms with Crippen molar-refractivity contribution in [2.45, 2.75) is 74.8 Å². The summed E-state index contributed by atoms with van der Waals surface area (Å²) >= 11 is 1.47. The van der Waals surface area contributed by atoms with Crippen molar-refractivity contribution in [1.82, 2.24) is 15.1 Å². The molecule has 10 rings (SSSR count). The Bertz CT molecular complexity index is 2130. The number of aryl methyl sites for hydroxylation is 1. The first-order valence-electron chi connectivity index (χ1n) is 18.1. The Hall–Kier alpha value is -4.41. The number of likely N-dealkylation sites (N-methyl/N-ethyl adjacent to an activating group) is 1. The molecular formula is C39H43N3O11S. The third-order valence-corrected chi connectivity index (χ3v) is 13.7. The number of aliphatic hydroxyl groups is 1. The summed E-state index contributed by atoms with van der Waals surface area (Å²) < 4.78 is 35.9. The number of carbonyl (C=O) groups is 2. The van der Waals surface area contributed by atoms with Crippen LogP contribution < -0.4 is 29.0 Å². The van der Waals surface area contributed by atoms with Gasteiger partial charge in [-0.3, -0.25) is 19.9 Å². The summed E-state index contributed by atoms with van der Waals surface area (Å²) in [6, 6.07) is 3.13. The molecule has 0 amide bonds. The van der Waals surface area contributed by atoms with Crippen LogP contribution in [0.15, 0.2) is 18.2 Å². The number of piperazine rings is 1. The topological polar surface area (TPSA) is 169 Å². The van der Waals surface area contributed by atoms with Gasteiger partial charge in [-0.05, 0) is 68.1 Å². The van der Waals surface area contributed by atoms with E-state index in [4.69, 9.17) is 28.4 Å². The third kappa shape index (κ3) is 4.74. The second-order valence-corrected chi connectivity index (χ2v) is 16.1. The first-order chi connectivity index (χ1) is 25.9. The van der Waals surface area contributed by atoms with Crippen molar-refractivity contribution in [2.24, 2.45) is 0 Å². The fraction of sp³-hybridized carbons (Fsp3) is 0.487. The molecule has 14 nitrogen and oxygen atoms in total. The SMILES string of the molecule is COc1cc2c(cc1O)CCN[C@]21CS[C@@H]2c3c(OC(C)=O)c(C)c4c(c3[C@H](COC1=O)N1C2C2c3c(cc(C)c(OC)c3O)C[C@@H]([C@@H]1O)N2C)OCO4. The number of aliphatic hydroxyl groups excluding tert-OH is 1. The zero-order valence-corrected chi connectivity index (χ0v) is 31.7. The van der Waals surface area contributed by atoms with Crippen LogP contribution in [0.5, 0.6) is 40.2 Å². The van der Waals surface area contributed by atoms with Gasteiger partial charge in [0, 0.05) is 47.5 Å². The second-order valence-electron chi connectivity index (χ2n) is 14.9. The Balaban J connectivity index is 1.32. The van der Waals surface area contributed by atoms with E-state index in [9.17, 15) is 24.9 Å². The summed E-state index contributed by atoms with van der Waals surface area (Å²) in [5, 5.41) is 38.2. The number of carbonyl (C=O) groups excluding carboxylic acids is 2. The average Bonchev–Trinajstić information content (AvgIpc) is 3.63. The summed E-state index contributed by atoms with van der Waals surface area (Å²) in [4.78, 5) is 31.7. The van der Waals surface area contributed by atoms with Gasteiger partial charge < -0.3 is 43.7 Å². The summed E-state index contributed by atoms with van der Waals surface area (Å²) in [5.74, 6) is 0.949. The molecule has 15 heteroatoms. The van der Waals surface area contributed by atoms with Gasteiger partial charge in [0.05, 0.1) is 37.6 Å². The number of thioether (sulfide) groups is 1. The molecule has 2 fully saturated rings. The van der Waals surface area contributed by atoms with E-state index in [0.29, 0.717) is 70.2 Å². The summed E-state index contributed by atoms with van der Waals surface area (Å²) in [6.45, 7) is 5.26. The van der Waals surface area contributed by atoms with E-state index >= 15 is 0 Å². The van der Waals surface area contributed by atoms with Gasteiger partial charge in [-0.1, -0.05) is 6.07 Å². The minimum absolute atomic E-state index is 0.0226. The Morgan fingerprint density at radius 2 is 1.80 bits per heavy atom. The first kappa shape index (κ1) is 35.3. The lowest BCUT2D eigenvalue weighted by molar-refractivity contribution is -0.186. The molecule has 0 aromatic heterocycles. The van der Waals surface area contributed by atoms with Crippen LogP contribution in [-0.4, -0.2) is 102 Å². The number of phenols is 2. The normalized spacial score (nSPS) is 29.4. The van der Waals surface area contributed by atoms with E-state index in [2.05, 4.69) is 10.2 Å². The van der Waals surface area contributed by atoms with Gasteiger partial charge in [0.1, 0.15) is 18.6 Å². The number of phenolic OH excluding ortho intramolecular Hbond substituents is 2. The number of nitrogens with one attached hydrogen (secondary N) is 1. The van der Waals surface area contributed by atoms with E-state index in [0.717, 1.165) is 16.7 Å². The van der Waals surface area contributed by atoms with Crippen molar-refractivity contribution in [1.29, 1.82) is 0 Å². The predicted molar refractivity (Wildman–Crippen MR) is 195 cm³/mol. The highest BCUT2D eigenvalue weighted by atomic mass is 32.2. The van der Waals surface area contributed by atoms with Gasteiger partial charge in [-0.2, -0.15) is 0 Å². The van der Waals surface area contributed by atoms with Crippen molar-refractivity contribution in [3.63, 3.8) is 0 Å². The molecule has 7 atom stereocenters. The number of esters is 2. The van der Waals surface area contributed by atoms with Crippen molar-refractivity contribution >= 4 is 23.7 Å². The van der Waals surface area contributed by atoms with Gasteiger partial charge in [0.2, 0.25) is 6.79 Å². The minimum atomic E-state index is -1.36. The van der Waals surface area contributed by atoms with Crippen LogP contribution in [0, 0.1) is 13.8 Å². The fourth-order valence-corrected chi connectivity index (χ4v) is 11.7. The molecule has 2 saturated heterocycles. The zero-order chi connectivity index (χ0) is 38.0. The third-order valence-electron chi connectivity index (χ3n) is 12.3. The molecule has 4 bridgehead atoms. The molecule has 7 aliphatic heterocycles. The Kier molecular flexibility index (Phi) is 8.21. The molecule has 286 valence electrons. The lowest BCUT2D eigenvalue weighted by atomic mass is 9.73. The van der Waals surface area contributed by atoms with E-state index in [1.54, 1.807) is 12.1 Å². The lowest BCUT2D eigenvalue weighted by Crippen LogP contribution is -2.70. The molecule has 0 aliphatic carbocycles. The van der Waals surface area contributed by atoms with Crippen LogP contribution in [0.1, 0.15) is 68.8 Å². The number of rotatable bonds is 3. The molecule has 1 spiro atoms. The molecular weight excluding hydrogens is 719 g/mol. The smallest absolute Gasteiger partial charge is 0.331 e. The molecule has 0 radical (unpaired) electrons. The van der Waals surface area contributed by atoms with E-state index in [1.807, 2.05) is 31.9 Å². The second kappa shape index (κ2) is 12.6. The van der Waals surface area contributed by atoms with Crippen LogP contribution >= 0.6 is 11.8 Å². The molecule has 3 aromatic rings. The number of hydrogen-bond donors (Lipinski definition) is 4. The molecule has 4 N–H and O–H groups in total. The Morgan fingerprint density at radius 3 is 2.54 bits per heavy atom. The average molecular weight is 762 g/mol. The van der Waals surface area contributed by atoms with E-state index < -0.39 is 47.1 Å². The monoisotopic (exact) mass is 761 g/mol. The van der Waals surface area contributed by atoms with Crippen molar-refractivity contribution in [2.75, 3.05) is 47.0 Å². The summed E-state index contributed by atoms with van der Waals surface area (Å²) in [6.07, 6.45) is -0.0282. The van der Waals surface area contributed by atoms with E-state index in [1.165, 1.54) is 32.9 Å². The fourth-order valence-electron chi connectivity index (χ4n) is 10.00.